The number of rotatable bonds is 2. The van der Waals surface area contributed by atoms with Crippen molar-refractivity contribution in [2.24, 2.45) is 0 Å². The molecule has 0 amide bonds. The Bertz CT molecular complexity index is 153. The minimum atomic E-state index is -2.64. The van der Waals surface area contributed by atoms with Gasteiger partial charge in [-0.15, -0.1) is 9.42 Å². The van der Waals surface area contributed by atoms with E-state index in [2.05, 4.69) is 4.52 Å². The maximum Gasteiger partial charge on any atom is 0.695 e. The Balaban J connectivity index is 2.35. The molecule has 1 N–H and O–H groups in total. The minimum absolute atomic E-state index is 0.452. The van der Waals surface area contributed by atoms with Crippen LogP contribution in [0.1, 0.15) is 25.7 Å². The van der Waals surface area contributed by atoms with Crippen LogP contribution in [0.2, 0.25) is 0 Å². The highest BCUT2D eigenvalue weighted by Gasteiger charge is 2.32. The summed E-state index contributed by atoms with van der Waals surface area (Å²) < 4.78 is 27.5. The summed E-state index contributed by atoms with van der Waals surface area (Å²) in [4.78, 5) is 8.34. The molecule has 0 aromatic carbocycles. The Morgan fingerprint density at radius 1 is 1.45 bits per heavy atom. The van der Waals surface area contributed by atoms with Crippen molar-refractivity contribution in [3.63, 3.8) is 0 Å². The summed E-state index contributed by atoms with van der Waals surface area (Å²) in [7, 11) is -2.64. The molecule has 11 heavy (non-hydrogen) atoms. The van der Waals surface area contributed by atoms with Crippen LogP contribution >= 0.6 is 8.25 Å². The molecule has 0 radical (unpaired) electrons. The van der Waals surface area contributed by atoms with E-state index in [-0.39, 0.29) is 0 Å². The third-order valence-electron chi connectivity index (χ3n) is 1.85. The average Bonchev–Trinajstić information content (AvgIpc) is 1.93. The predicted octanol–water partition coefficient (Wildman–Crippen LogP) is 1.93. The van der Waals surface area contributed by atoms with E-state index in [0.717, 1.165) is 12.8 Å². The minimum Gasteiger partial charge on any atom is -0.244 e. The molecule has 3 atom stereocenters. The first kappa shape index (κ1) is 9.04. The van der Waals surface area contributed by atoms with Crippen LogP contribution in [0.3, 0.4) is 0 Å². The maximum absolute atomic E-state index is 12.8. The van der Waals surface area contributed by atoms with Gasteiger partial charge in [0.1, 0.15) is 12.3 Å². The number of halogens is 1. The Kier molecular flexibility index (Phi) is 3.37. The van der Waals surface area contributed by atoms with E-state index < -0.39 is 20.5 Å². The van der Waals surface area contributed by atoms with Crippen LogP contribution in [-0.4, -0.2) is 17.2 Å². The molecule has 1 saturated carbocycles. The van der Waals surface area contributed by atoms with E-state index in [1.165, 1.54) is 0 Å². The van der Waals surface area contributed by atoms with Gasteiger partial charge in [0.2, 0.25) is 0 Å². The molecular formula is C6H11FO3P+. The largest absolute Gasteiger partial charge is 0.695 e. The highest BCUT2D eigenvalue weighted by Crippen LogP contribution is 2.30. The molecular weight excluding hydrogens is 170 g/mol. The lowest BCUT2D eigenvalue weighted by molar-refractivity contribution is 0.0609. The van der Waals surface area contributed by atoms with Crippen LogP contribution in [0, 0.1) is 0 Å². The van der Waals surface area contributed by atoms with Gasteiger partial charge in [-0.1, -0.05) is 12.8 Å². The molecule has 1 aliphatic rings. The second-order valence-electron chi connectivity index (χ2n) is 2.68. The first-order valence-corrected chi connectivity index (χ1v) is 4.80. The Morgan fingerprint density at radius 2 is 2.09 bits per heavy atom. The van der Waals surface area contributed by atoms with Gasteiger partial charge in [0.25, 0.3) is 0 Å². The Hall–Kier alpha value is -0.0500. The smallest absolute Gasteiger partial charge is 0.244 e. The maximum atomic E-state index is 12.8. The van der Waals surface area contributed by atoms with Crippen molar-refractivity contribution < 1.29 is 18.4 Å². The molecule has 0 saturated heterocycles. The Morgan fingerprint density at radius 3 is 2.64 bits per heavy atom. The zero-order valence-corrected chi connectivity index (χ0v) is 6.97. The lowest BCUT2D eigenvalue weighted by atomic mass is 9.96. The molecule has 1 aliphatic carbocycles. The van der Waals surface area contributed by atoms with Crippen LogP contribution in [-0.2, 0) is 9.09 Å². The van der Waals surface area contributed by atoms with E-state index in [1.54, 1.807) is 0 Å². The average molecular weight is 181 g/mol. The summed E-state index contributed by atoms with van der Waals surface area (Å²) in [6, 6.07) is 0. The summed E-state index contributed by atoms with van der Waals surface area (Å²) >= 11 is 0. The summed E-state index contributed by atoms with van der Waals surface area (Å²) in [5.41, 5.74) is 0. The van der Waals surface area contributed by atoms with Crippen molar-refractivity contribution in [2.75, 3.05) is 0 Å². The second-order valence-corrected chi connectivity index (χ2v) is 3.37. The third kappa shape index (κ3) is 2.81. The van der Waals surface area contributed by atoms with Crippen molar-refractivity contribution in [3.05, 3.63) is 0 Å². The Labute approximate surface area is 65.5 Å². The quantitative estimate of drug-likeness (QED) is 0.662. The van der Waals surface area contributed by atoms with Gasteiger partial charge in [-0.05, 0) is 12.8 Å². The van der Waals surface area contributed by atoms with E-state index in [4.69, 9.17) is 4.89 Å². The monoisotopic (exact) mass is 181 g/mol. The SMILES string of the molecule is O=[P+](O)OC1CCCCC1F. The van der Waals surface area contributed by atoms with E-state index in [9.17, 15) is 8.96 Å². The van der Waals surface area contributed by atoms with Crippen molar-refractivity contribution in [3.8, 4) is 0 Å². The summed E-state index contributed by atoms with van der Waals surface area (Å²) in [5.74, 6) is 0. The molecule has 0 aliphatic heterocycles. The van der Waals surface area contributed by atoms with E-state index >= 15 is 0 Å². The third-order valence-corrected chi connectivity index (χ3v) is 2.30. The molecule has 5 heteroatoms. The van der Waals surface area contributed by atoms with Gasteiger partial charge in [0.05, 0.1) is 0 Å². The number of alkyl halides is 1. The zero-order valence-electron chi connectivity index (χ0n) is 6.07. The molecule has 0 aromatic rings. The van der Waals surface area contributed by atoms with Crippen LogP contribution in [0.5, 0.6) is 0 Å². The first-order chi connectivity index (χ1) is 5.20. The molecule has 3 unspecified atom stereocenters. The molecule has 0 bridgehead atoms. The summed E-state index contributed by atoms with van der Waals surface area (Å²) in [6.07, 6.45) is 1.03. The van der Waals surface area contributed by atoms with Crippen molar-refractivity contribution in [1.29, 1.82) is 0 Å². The van der Waals surface area contributed by atoms with Crippen LogP contribution < -0.4 is 0 Å². The zero-order chi connectivity index (χ0) is 8.27. The van der Waals surface area contributed by atoms with Crippen molar-refractivity contribution in [1.82, 2.24) is 0 Å². The van der Waals surface area contributed by atoms with Gasteiger partial charge in [-0.3, -0.25) is 0 Å². The topological polar surface area (TPSA) is 46.5 Å². The molecule has 1 fully saturated rings. The van der Waals surface area contributed by atoms with Gasteiger partial charge >= 0.3 is 8.25 Å². The van der Waals surface area contributed by atoms with Gasteiger partial charge in [-0.2, -0.15) is 0 Å². The molecule has 3 nitrogen and oxygen atoms in total. The predicted molar refractivity (Wildman–Crippen MR) is 38.1 cm³/mol. The lowest BCUT2D eigenvalue weighted by Gasteiger charge is -2.19. The molecule has 0 aromatic heterocycles. The van der Waals surface area contributed by atoms with Crippen LogP contribution in [0.15, 0.2) is 0 Å². The molecule has 64 valence electrons. The number of hydrogen-bond donors (Lipinski definition) is 1. The molecule has 1 rings (SSSR count). The standard InChI is InChI=1S/C6H10FO3P/c7-5-3-1-2-4-6(5)10-11(8)9/h5-6H,1-4H2/p+1. The van der Waals surface area contributed by atoms with Crippen LogP contribution in [0.4, 0.5) is 4.39 Å². The van der Waals surface area contributed by atoms with Gasteiger partial charge in [-0.25, -0.2) is 4.39 Å². The number of hydrogen-bond acceptors (Lipinski definition) is 2. The van der Waals surface area contributed by atoms with Gasteiger partial charge < -0.3 is 0 Å². The fourth-order valence-electron chi connectivity index (χ4n) is 1.29. The van der Waals surface area contributed by atoms with Crippen molar-refractivity contribution >= 4 is 8.25 Å². The highest BCUT2D eigenvalue weighted by molar-refractivity contribution is 7.32. The normalized spacial score (nSPS) is 33.5. The first-order valence-electron chi connectivity index (χ1n) is 3.67. The lowest BCUT2D eigenvalue weighted by Crippen LogP contribution is -2.26. The van der Waals surface area contributed by atoms with Crippen molar-refractivity contribution in [2.45, 2.75) is 38.0 Å². The highest BCUT2D eigenvalue weighted by atomic mass is 31.1. The molecule has 0 spiro atoms. The summed E-state index contributed by atoms with van der Waals surface area (Å²) in [6.45, 7) is 0. The fourth-order valence-corrected chi connectivity index (χ4v) is 1.76. The van der Waals surface area contributed by atoms with Gasteiger partial charge in [0, 0.05) is 4.57 Å². The summed E-state index contributed by atoms with van der Waals surface area (Å²) in [5, 5.41) is 0. The van der Waals surface area contributed by atoms with E-state index in [0.29, 0.717) is 12.8 Å². The van der Waals surface area contributed by atoms with E-state index in [1.807, 2.05) is 0 Å². The fraction of sp³-hybridized carbons (Fsp3) is 1.00. The molecule has 0 heterocycles. The second kappa shape index (κ2) is 4.10. The van der Waals surface area contributed by atoms with Gasteiger partial charge in [0.15, 0.2) is 0 Å². The van der Waals surface area contributed by atoms with Crippen LogP contribution in [0.25, 0.3) is 0 Å².